The summed E-state index contributed by atoms with van der Waals surface area (Å²) in [5, 5.41) is 23.1. The molecule has 0 heterocycles. The van der Waals surface area contributed by atoms with E-state index >= 15 is 0 Å². The van der Waals surface area contributed by atoms with E-state index in [9.17, 15) is 24.8 Å². The van der Waals surface area contributed by atoms with Crippen molar-refractivity contribution in [1.29, 1.82) is 0 Å². The molecule has 136 valence electrons. The molecule has 1 amide bonds. The molecule has 0 aliphatic heterocycles. The molecule has 0 bridgehead atoms. The zero-order valence-corrected chi connectivity index (χ0v) is 14.8. The molecule has 2 rings (SSSR count). The minimum atomic E-state index is -1.24. The molecule has 0 fully saturated rings. The van der Waals surface area contributed by atoms with Crippen LogP contribution in [0.3, 0.4) is 0 Å². The minimum Gasteiger partial charge on any atom is -0.480 e. The third-order valence-corrected chi connectivity index (χ3v) is 4.30. The number of rotatable bonds is 7. The van der Waals surface area contributed by atoms with Crippen LogP contribution in [0.4, 0.5) is 5.69 Å². The van der Waals surface area contributed by atoms with Gasteiger partial charge in [0.05, 0.1) is 11.3 Å². The topological polar surface area (TPSA) is 110 Å². The van der Waals surface area contributed by atoms with Gasteiger partial charge >= 0.3 is 5.97 Å². The monoisotopic (exact) mass is 396 g/mol. The highest BCUT2D eigenvalue weighted by atomic mass is 35.5. The molecule has 9 heteroatoms. The summed E-state index contributed by atoms with van der Waals surface area (Å²) >= 11 is 12.1. The number of carbonyl (C=O) groups is 2. The SMILES string of the molecule is O=C(Cc1cccc([N+](=O)[O-])c1)N[C@H](Cc1c(Cl)cccc1Cl)C(=O)O. The van der Waals surface area contributed by atoms with Crippen LogP contribution >= 0.6 is 23.2 Å². The number of hydrogen-bond donors (Lipinski definition) is 2. The second kappa shape index (κ2) is 8.64. The maximum Gasteiger partial charge on any atom is 0.326 e. The summed E-state index contributed by atoms with van der Waals surface area (Å²) < 4.78 is 0. The van der Waals surface area contributed by atoms with Crippen LogP contribution in [0.25, 0.3) is 0 Å². The van der Waals surface area contributed by atoms with Crippen molar-refractivity contribution in [2.24, 2.45) is 0 Å². The van der Waals surface area contributed by atoms with Crippen LogP contribution in [0.2, 0.25) is 10.0 Å². The van der Waals surface area contributed by atoms with Gasteiger partial charge in [0.25, 0.3) is 5.69 Å². The molecule has 0 aliphatic rings. The molecule has 0 saturated heterocycles. The van der Waals surface area contributed by atoms with E-state index in [0.29, 0.717) is 21.2 Å². The van der Waals surface area contributed by atoms with Gasteiger partial charge in [-0.2, -0.15) is 0 Å². The van der Waals surface area contributed by atoms with Crippen molar-refractivity contribution in [1.82, 2.24) is 5.32 Å². The Kier molecular flexibility index (Phi) is 6.54. The van der Waals surface area contributed by atoms with E-state index in [-0.39, 0.29) is 18.5 Å². The smallest absolute Gasteiger partial charge is 0.326 e. The van der Waals surface area contributed by atoms with Gasteiger partial charge < -0.3 is 10.4 Å². The fourth-order valence-electron chi connectivity index (χ4n) is 2.34. The van der Waals surface area contributed by atoms with E-state index in [1.807, 2.05) is 0 Å². The number of nitro groups is 1. The van der Waals surface area contributed by atoms with Crippen LogP contribution in [0.5, 0.6) is 0 Å². The van der Waals surface area contributed by atoms with Gasteiger partial charge in [-0.25, -0.2) is 4.79 Å². The number of benzene rings is 2. The summed E-state index contributed by atoms with van der Waals surface area (Å²) in [6, 6.07) is 9.12. The number of amides is 1. The van der Waals surface area contributed by atoms with Crippen molar-refractivity contribution in [2.75, 3.05) is 0 Å². The van der Waals surface area contributed by atoms with Crippen molar-refractivity contribution in [2.45, 2.75) is 18.9 Å². The van der Waals surface area contributed by atoms with Crippen molar-refractivity contribution in [3.05, 3.63) is 73.8 Å². The lowest BCUT2D eigenvalue weighted by Gasteiger charge is -2.16. The molecule has 0 aromatic heterocycles. The number of carboxylic acids is 1. The summed E-state index contributed by atoms with van der Waals surface area (Å²) in [5.41, 5.74) is 0.670. The molecule has 26 heavy (non-hydrogen) atoms. The van der Waals surface area contributed by atoms with Gasteiger partial charge in [-0.15, -0.1) is 0 Å². The van der Waals surface area contributed by atoms with E-state index < -0.39 is 22.8 Å². The Morgan fingerprint density at radius 2 is 1.77 bits per heavy atom. The molecule has 2 N–H and O–H groups in total. The number of carboxylic acid groups (broad SMARTS) is 1. The largest absolute Gasteiger partial charge is 0.480 e. The van der Waals surface area contributed by atoms with E-state index in [2.05, 4.69) is 5.32 Å². The maximum atomic E-state index is 12.2. The second-order valence-corrected chi connectivity index (χ2v) is 6.28. The highest BCUT2D eigenvalue weighted by Crippen LogP contribution is 2.25. The van der Waals surface area contributed by atoms with Gasteiger partial charge in [-0.3, -0.25) is 14.9 Å². The zero-order chi connectivity index (χ0) is 19.3. The highest BCUT2D eigenvalue weighted by molar-refractivity contribution is 6.36. The normalized spacial score (nSPS) is 11.6. The number of hydrogen-bond acceptors (Lipinski definition) is 4. The summed E-state index contributed by atoms with van der Waals surface area (Å²) in [6.07, 6.45) is -0.282. The van der Waals surface area contributed by atoms with Crippen LogP contribution in [-0.2, 0) is 22.4 Å². The molecular weight excluding hydrogens is 383 g/mol. The third kappa shape index (κ3) is 5.18. The fraction of sp³-hybridized carbons (Fsp3) is 0.176. The average Bonchev–Trinajstić information content (AvgIpc) is 2.57. The molecule has 0 saturated carbocycles. The summed E-state index contributed by atoms with van der Waals surface area (Å²) in [5.74, 6) is -1.82. The summed E-state index contributed by atoms with van der Waals surface area (Å²) in [7, 11) is 0. The lowest BCUT2D eigenvalue weighted by Crippen LogP contribution is -2.43. The van der Waals surface area contributed by atoms with E-state index in [1.165, 1.54) is 18.2 Å². The standard InChI is InChI=1S/C17H14Cl2N2O5/c18-13-5-2-6-14(19)12(13)9-15(17(23)24)20-16(22)8-10-3-1-4-11(7-10)21(25)26/h1-7,15H,8-9H2,(H,20,22)(H,23,24)/t15-/m1/s1. The van der Waals surface area contributed by atoms with E-state index in [1.54, 1.807) is 24.3 Å². The lowest BCUT2D eigenvalue weighted by atomic mass is 10.0. The molecule has 2 aromatic carbocycles. The number of nitrogens with one attached hydrogen (secondary N) is 1. The molecule has 2 aromatic rings. The van der Waals surface area contributed by atoms with E-state index in [0.717, 1.165) is 0 Å². The molecule has 1 atom stereocenters. The van der Waals surface area contributed by atoms with Gasteiger partial charge in [0, 0.05) is 28.6 Å². The molecule has 7 nitrogen and oxygen atoms in total. The maximum absolute atomic E-state index is 12.2. The Balaban J connectivity index is 2.10. The molecule has 0 spiro atoms. The summed E-state index contributed by atoms with van der Waals surface area (Å²) in [6.45, 7) is 0. The Morgan fingerprint density at radius 1 is 1.15 bits per heavy atom. The predicted molar refractivity (Wildman–Crippen MR) is 96.5 cm³/mol. The first-order valence-corrected chi connectivity index (χ1v) is 8.22. The fourth-order valence-corrected chi connectivity index (χ4v) is 2.89. The molecule has 0 unspecified atom stereocenters. The quantitative estimate of drug-likeness (QED) is 0.551. The Bertz CT molecular complexity index is 837. The third-order valence-electron chi connectivity index (χ3n) is 3.59. The van der Waals surface area contributed by atoms with Crippen LogP contribution in [0, 0.1) is 10.1 Å². The zero-order valence-electron chi connectivity index (χ0n) is 13.3. The van der Waals surface area contributed by atoms with Gasteiger partial charge in [0.15, 0.2) is 0 Å². The summed E-state index contributed by atoms with van der Waals surface area (Å²) in [4.78, 5) is 33.8. The Hall–Kier alpha value is -2.64. The predicted octanol–water partition coefficient (Wildman–Crippen LogP) is 3.26. The first-order valence-electron chi connectivity index (χ1n) is 7.46. The number of aliphatic carboxylic acids is 1. The number of carbonyl (C=O) groups excluding carboxylic acids is 1. The van der Waals surface area contributed by atoms with E-state index in [4.69, 9.17) is 23.2 Å². The van der Waals surface area contributed by atoms with Crippen LogP contribution in [0.1, 0.15) is 11.1 Å². The van der Waals surface area contributed by atoms with Gasteiger partial charge in [0.1, 0.15) is 6.04 Å². The number of non-ortho nitro benzene ring substituents is 1. The highest BCUT2D eigenvalue weighted by Gasteiger charge is 2.23. The van der Waals surface area contributed by atoms with Crippen molar-refractivity contribution in [3.8, 4) is 0 Å². The Morgan fingerprint density at radius 3 is 2.35 bits per heavy atom. The average molecular weight is 397 g/mol. The number of halogens is 2. The Labute approximate surface area is 158 Å². The molecule has 0 aliphatic carbocycles. The minimum absolute atomic E-state index is 0.0888. The van der Waals surface area contributed by atoms with Crippen LogP contribution < -0.4 is 5.32 Å². The van der Waals surface area contributed by atoms with Gasteiger partial charge in [-0.1, -0.05) is 41.4 Å². The van der Waals surface area contributed by atoms with Crippen LogP contribution in [0.15, 0.2) is 42.5 Å². The molecule has 0 radical (unpaired) electrons. The number of nitrogens with zero attached hydrogens (tertiary/aromatic N) is 1. The first-order chi connectivity index (χ1) is 12.3. The van der Waals surface area contributed by atoms with Crippen molar-refractivity contribution in [3.63, 3.8) is 0 Å². The first kappa shape index (κ1) is 19.7. The van der Waals surface area contributed by atoms with Gasteiger partial charge in [0.2, 0.25) is 5.91 Å². The molecular formula is C17H14Cl2N2O5. The van der Waals surface area contributed by atoms with Crippen LogP contribution in [-0.4, -0.2) is 27.9 Å². The lowest BCUT2D eigenvalue weighted by molar-refractivity contribution is -0.384. The van der Waals surface area contributed by atoms with Gasteiger partial charge in [-0.05, 0) is 23.3 Å². The number of nitro benzene ring substituents is 1. The van der Waals surface area contributed by atoms with Crippen molar-refractivity contribution >= 4 is 40.8 Å². The van der Waals surface area contributed by atoms with Crippen molar-refractivity contribution < 1.29 is 19.6 Å². The second-order valence-electron chi connectivity index (χ2n) is 5.47.